The Hall–Kier alpha value is -2.75. The SMILES string of the molecule is CCc1ccc(-c2ccc(OCc3ccc(C4CCC(C)CC4)c(F)c3F)cc2)c(F)c1. The van der Waals surface area contributed by atoms with Crippen molar-refractivity contribution >= 4 is 0 Å². The molecule has 0 aromatic heterocycles. The minimum absolute atomic E-state index is 0.0658. The summed E-state index contributed by atoms with van der Waals surface area (Å²) in [7, 11) is 0. The van der Waals surface area contributed by atoms with Crippen LogP contribution in [0.15, 0.2) is 54.6 Å². The number of hydrogen-bond donors (Lipinski definition) is 0. The molecule has 1 aliphatic carbocycles. The summed E-state index contributed by atoms with van der Waals surface area (Å²) in [4.78, 5) is 0. The second-order valence-corrected chi connectivity index (χ2v) is 8.88. The van der Waals surface area contributed by atoms with E-state index in [1.807, 2.05) is 13.0 Å². The number of rotatable bonds is 6. The van der Waals surface area contributed by atoms with E-state index in [-0.39, 0.29) is 23.9 Å². The minimum atomic E-state index is -0.823. The van der Waals surface area contributed by atoms with Gasteiger partial charge in [-0.2, -0.15) is 0 Å². The Labute approximate surface area is 188 Å². The molecule has 3 aromatic rings. The Kier molecular flexibility index (Phi) is 6.88. The maximum atomic E-state index is 14.7. The van der Waals surface area contributed by atoms with Crippen LogP contribution in [-0.2, 0) is 13.0 Å². The van der Waals surface area contributed by atoms with Gasteiger partial charge in [-0.1, -0.05) is 63.1 Å². The molecule has 0 radical (unpaired) electrons. The van der Waals surface area contributed by atoms with E-state index < -0.39 is 11.6 Å². The smallest absolute Gasteiger partial charge is 0.165 e. The van der Waals surface area contributed by atoms with Gasteiger partial charge in [-0.05, 0) is 66.0 Å². The zero-order chi connectivity index (χ0) is 22.7. The van der Waals surface area contributed by atoms with Gasteiger partial charge in [0.15, 0.2) is 11.6 Å². The highest BCUT2D eigenvalue weighted by Crippen LogP contribution is 2.37. The fourth-order valence-corrected chi connectivity index (χ4v) is 4.51. The summed E-state index contributed by atoms with van der Waals surface area (Å²) in [6, 6.07) is 15.5. The second-order valence-electron chi connectivity index (χ2n) is 8.88. The quantitative estimate of drug-likeness (QED) is 0.377. The molecule has 32 heavy (non-hydrogen) atoms. The molecule has 0 unspecified atom stereocenters. The van der Waals surface area contributed by atoms with Gasteiger partial charge in [0.05, 0.1) is 0 Å². The Bertz CT molecular complexity index is 1070. The van der Waals surface area contributed by atoms with E-state index in [0.717, 1.165) is 43.2 Å². The predicted octanol–water partition coefficient (Wildman–Crippen LogP) is 8.21. The van der Waals surface area contributed by atoms with Crippen molar-refractivity contribution in [1.29, 1.82) is 0 Å². The molecule has 1 nitrogen and oxygen atoms in total. The summed E-state index contributed by atoms with van der Waals surface area (Å²) in [5.74, 6) is -0.559. The van der Waals surface area contributed by atoms with Crippen LogP contribution in [0.2, 0.25) is 0 Å². The van der Waals surface area contributed by atoms with Gasteiger partial charge in [0.25, 0.3) is 0 Å². The molecule has 0 spiro atoms. The van der Waals surface area contributed by atoms with Crippen LogP contribution in [-0.4, -0.2) is 0 Å². The van der Waals surface area contributed by atoms with Crippen molar-refractivity contribution in [3.05, 3.63) is 88.7 Å². The van der Waals surface area contributed by atoms with Gasteiger partial charge in [0.2, 0.25) is 0 Å². The molecule has 0 amide bonds. The molecular weight excluding hydrogens is 409 g/mol. The maximum absolute atomic E-state index is 14.7. The molecule has 0 bridgehead atoms. The van der Waals surface area contributed by atoms with E-state index >= 15 is 0 Å². The lowest BCUT2D eigenvalue weighted by atomic mass is 9.79. The normalized spacial score (nSPS) is 18.5. The number of benzene rings is 3. The van der Waals surface area contributed by atoms with Crippen molar-refractivity contribution in [3.63, 3.8) is 0 Å². The van der Waals surface area contributed by atoms with Gasteiger partial charge in [-0.3, -0.25) is 0 Å². The Balaban J connectivity index is 1.43. The third-order valence-electron chi connectivity index (χ3n) is 6.65. The van der Waals surface area contributed by atoms with Gasteiger partial charge in [-0.15, -0.1) is 0 Å². The monoisotopic (exact) mass is 438 g/mol. The first-order valence-corrected chi connectivity index (χ1v) is 11.4. The number of hydrogen-bond acceptors (Lipinski definition) is 1. The van der Waals surface area contributed by atoms with E-state index in [1.165, 1.54) is 0 Å². The van der Waals surface area contributed by atoms with Crippen molar-refractivity contribution in [2.45, 2.75) is 58.5 Å². The van der Waals surface area contributed by atoms with E-state index in [2.05, 4.69) is 6.92 Å². The summed E-state index contributed by atoms with van der Waals surface area (Å²) < 4.78 is 49.5. The van der Waals surface area contributed by atoms with Crippen LogP contribution in [0.5, 0.6) is 5.75 Å². The average Bonchev–Trinajstić information content (AvgIpc) is 2.81. The lowest BCUT2D eigenvalue weighted by Gasteiger charge is -2.27. The lowest BCUT2D eigenvalue weighted by molar-refractivity contribution is 0.295. The molecule has 4 rings (SSSR count). The fourth-order valence-electron chi connectivity index (χ4n) is 4.51. The topological polar surface area (TPSA) is 9.23 Å². The molecule has 0 heterocycles. The summed E-state index contributed by atoms with van der Waals surface area (Å²) in [6.07, 6.45) is 4.70. The van der Waals surface area contributed by atoms with Gasteiger partial charge in [0.1, 0.15) is 18.2 Å². The van der Waals surface area contributed by atoms with Crippen molar-refractivity contribution in [3.8, 4) is 16.9 Å². The largest absolute Gasteiger partial charge is 0.489 e. The predicted molar refractivity (Wildman–Crippen MR) is 122 cm³/mol. The molecule has 0 atom stereocenters. The first kappa shape index (κ1) is 22.4. The number of ether oxygens (including phenoxy) is 1. The van der Waals surface area contributed by atoms with Crippen LogP contribution in [0.1, 0.15) is 62.1 Å². The molecular formula is C28H29F3O. The molecule has 4 heteroatoms. The van der Waals surface area contributed by atoms with Crippen LogP contribution in [0.3, 0.4) is 0 Å². The molecule has 0 aliphatic heterocycles. The highest BCUT2D eigenvalue weighted by atomic mass is 19.2. The van der Waals surface area contributed by atoms with Crippen molar-refractivity contribution in [1.82, 2.24) is 0 Å². The molecule has 0 saturated heterocycles. The third kappa shape index (κ3) is 4.85. The zero-order valence-corrected chi connectivity index (χ0v) is 18.6. The molecule has 0 N–H and O–H groups in total. The highest BCUT2D eigenvalue weighted by Gasteiger charge is 2.24. The number of aryl methyl sites for hydroxylation is 1. The van der Waals surface area contributed by atoms with Crippen molar-refractivity contribution in [2.75, 3.05) is 0 Å². The van der Waals surface area contributed by atoms with Crippen LogP contribution >= 0.6 is 0 Å². The van der Waals surface area contributed by atoms with Gasteiger partial charge >= 0.3 is 0 Å². The molecule has 1 fully saturated rings. The van der Waals surface area contributed by atoms with Gasteiger partial charge in [0, 0.05) is 11.1 Å². The second kappa shape index (κ2) is 9.81. The van der Waals surface area contributed by atoms with Crippen molar-refractivity contribution < 1.29 is 17.9 Å². The molecule has 3 aromatic carbocycles. The summed E-state index contributed by atoms with van der Waals surface area (Å²) in [5.41, 5.74) is 2.89. The van der Waals surface area contributed by atoms with E-state index in [9.17, 15) is 13.2 Å². The minimum Gasteiger partial charge on any atom is -0.489 e. The Morgan fingerprint density at radius 3 is 2.22 bits per heavy atom. The van der Waals surface area contributed by atoms with Crippen molar-refractivity contribution in [2.24, 2.45) is 5.92 Å². The Morgan fingerprint density at radius 1 is 0.844 bits per heavy atom. The summed E-state index contributed by atoms with van der Waals surface area (Å²) in [5, 5.41) is 0. The number of halogens is 3. The Morgan fingerprint density at radius 2 is 1.56 bits per heavy atom. The molecule has 168 valence electrons. The summed E-state index contributed by atoms with van der Waals surface area (Å²) >= 11 is 0. The zero-order valence-electron chi connectivity index (χ0n) is 18.6. The van der Waals surface area contributed by atoms with Crippen LogP contribution in [0, 0.1) is 23.4 Å². The lowest BCUT2D eigenvalue weighted by Crippen LogP contribution is -2.13. The van der Waals surface area contributed by atoms with Crippen LogP contribution < -0.4 is 4.74 Å². The first-order chi connectivity index (χ1) is 15.5. The molecule has 1 saturated carbocycles. The third-order valence-corrected chi connectivity index (χ3v) is 6.65. The standard InChI is InChI=1S/C28H29F3O/c1-3-19-6-14-24(26(29)16-19)20-9-12-23(13-10-20)32-17-22-11-15-25(28(31)27(22)30)21-7-4-18(2)5-8-21/h6,9-16,18,21H,3-5,7-8,17H2,1-2H3. The van der Waals surface area contributed by atoms with Crippen LogP contribution in [0.4, 0.5) is 13.2 Å². The van der Waals surface area contributed by atoms with E-state index in [0.29, 0.717) is 22.8 Å². The fraction of sp³-hybridized carbons (Fsp3) is 0.357. The molecule has 1 aliphatic rings. The van der Waals surface area contributed by atoms with Gasteiger partial charge in [-0.25, -0.2) is 13.2 Å². The average molecular weight is 439 g/mol. The first-order valence-electron chi connectivity index (χ1n) is 11.4. The maximum Gasteiger partial charge on any atom is 0.165 e. The highest BCUT2D eigenvalue weighted by molar-refractivity contribution is 5.65. The van der Waals surface area contributed by atoms with E-state index in [4.69, 9.17) is 4.74 Å². The van der Waals surface area contributed by atoms with Crippen LogP contribution in [0.25, 0.3) is 11.1 Å². The van der Waals surface area contributed by atoms with E-state index in [1.54, 1.807) is 48.5 Å². The van der Waals surface area contributed by atoms with Gasteiger partial charge < -0.3 is 4.74 Å². The summed E-state index contributed by atoms with van der Waals surface area (Å²) in [6.45, 7) is 4.13.